The van der Waals surface area contributed by atoms with Crippen LogP contribution in [0.4, 0.5) is 4.79 Å². The number of esters is 3. The molecule has 0 aromatic rings. The number of unbranched alkanes of at least 4 members (excludes halogenated alkanes) is 25. The van der Waals surface area contributed by atoms with Gasteiger partial charge in [-0.25, -0.2) is 4.79 Å². The Hall–Kier alpha value is -3.40. The Morgan fingerprint density at radius 1 is 0.380 bits per heavy atom. The Morgan fingerprint density at radius 2 is 0.775 bits per heavy atom. The highest BCUT2D eigenvalue weighted by Crippen LogP contribution is 2.18. The van der Waals surface area contributed by atoms with Crippen LogP contribution in [0.25, 0.3) is 0 Å². The van der Waals surface area contributed by atoms with Gasteiger partial charge in [-0.2, -0.15) is 0 Å². The number of ether oxygens (including phenoxy) is 5. The Labute approximate surface area is 436 Å². The van der Waals surface area contributed by atoms with Gasteiger partial charge in [-0.3, -0.25) is 14.4 Å². The first-order valence-corrected chi connectivity index (χ1v) is 29.3. The van der Waals surface area contributed by atoms with Crippen molar-refractivity contribution in [3.63, 3.8) is 0 Å². The maximum atomic E-state index is 13.3. The van der Waals surface area contributed by atoms with Gasteiger partial charge in [0.15, 0.2) is 6.10 Å². The smallest absolute Gasteiger partial charge is 0.462 e. The van der Waals surface area contributed by atoms with E-state index in [1.54, 1.807) is 0 Å². The van der Waals surface area contributed by atoms with Gasteiger partial charge < -0.3 is 28.6 Å². The van der Waals surface area contributed by atoms with E-state index < -0.39 is 24.3 Å². The van der Waals surface area contributed by atoms with E-state index in [1.807, 2.05) is 19.0 Å². The van der Waals surface area contributed by atoms with Gasteiger partial charge in [0, 0.05) is 25.8 Å². The van der Waals surface area contributed by atoms with Crippen LogP contribution in [0.15, 0.2) is 48.6 Å². The lowest BCUT2D eigenvalue weighted by molar-refractivity contribution is -0.167. The van der Waals surface area contributed by atoms with E-state index in [0.29, 0.717) is 12.8 Å². The summed E-state index contributed by atoms with van der Waals surface area (Å²) in [5.74, 6) is -1.25. The van der Waals surface area contributed by atoms with Crippen LogP contribution in [0, 0.1) is 0 Å². The molecule has 71 heavy (non-hydrogen) atoms. The van der Waals surface area contributed by atoms with Gasteiger partial charge >= 0.3 is 24.1 Å². The highest BCUT2D eigenvalue weighted by molar-refractivity contribution is 5.71. The summed E-state index contributed by atoms with van der Waals surface area (Å²) < 4.78 is 28.0. The maximum absolute atomic E-state index is 13.3. The maximum Gasteiger partial charge on any atom is 0.508 e. The molecule has 1 atom stereocenters. The summed E-state index contributed by atoms with van der Waals surface area (Å²) in [5, 5.41) is 0. The van der Waals surface area contributed by atoms with Crippen LogP contribution >= 0.6 is 0 Å². The minimum atomic E-state index is -0.937. The third-order valence-electron chi connectivity index (χ3n) is 12.6. The van der Waals surface area contributed by atoms with Crippen LogP contribution in [0.3, 0.4) is 0 Å². The Bertz CT molecular complexity index is 1280. The molecule has 0 aromatic heterocycles. The molecule has 0 aliphatic rings. The number of carbonyl (C=O) groups is 4. The fourth-order valence-electron chi connectivity index (χ4n) is 8.15. The van der Waals surface area contributed by atoms with Crippen molar-refractivity contribution in [2.24, 2.45) is 0 Å². The number of hydrogen-bond donors (Lipinski definition) is 0. The summed E-state index contributed by atoms with van der Waals surface area (Å²) in [6.45, 7) is 7.36. The number of allylic oxidation sites excluding steroid dienone is 8. The van der Waals surface area contributed by atoms with Crippen LogP contribution in [0.1, 0.15) is 265 Å². The first kappa shape index (κ1) is 67.6. The first-order chi connectivity index (χ1) is 34.7. The molecule has 10 heteroatoms. The molecule has 0 radical (unpaired) electrons. The van der Waals surface area contributed by atoms with Gasteiger partial charge in [0.1, 0.15) is 19.3 Å². The average Bonchev–Trinajstić information content (AvgIpc) is 3.35. The predicted molar refractivity (Wildman–Crippen MR) is 296 cm³/mol. The molecule has 0 aliphatic heterocycles. The van der Waals surface area contributed by atoms with Gasteiger partial charge in [-0.1, -0.05) is 191 Å². The van der Waals surface area contributed by atoms with Crippen molar-refractivity contribution in [1.82, 2.24) is 4.90 Å². The van der Waals surface area contributed by atoms with E-state index in [4.69, 9.17) is 23.7 Å². The normalized spacial score (nSPS) is 12.3. The second-order valence-corrected chi connectivity index (χ2v) is 19.9. The lowest BCUT2D eigenvalue weighted by Crippen LogP contribution is -2.31. The molecule has 0 amide bonds. The highest BCUT2D eigenvalue weighted by atomic mass is 16.7. The zero-order valence-corrected chi connectivity index (χ0v) is 46.6. The van der Waals surface area contributed by atoms with Crippen LogP contribution < -0.4 is 0 Å². The van der Waals surface area contributed by atoms with Crippen molar-refractivity contribution in [2.45, 2.75) is 277 Å². The average molecular weight is 1000 g/mol. The molecule has 412 valence electrons. The van der Waals surface area contributed by atoms with Crippen molar-refractivity contribution < 1.29 is 42.9 Å². The van der Waals surface area contributed by atoms with Crippen LogP contribution in [-0.4, -0.2) is 81.6 Å². The molecular formula is C61H109NO9. The Kier molecular flexibility index (Phi) is 51.8. The lowest BCUT2D eigenvalue weighted by atomic mass is 10.0. The third kappa shape index (κ3) is 52.7. The van der Waals surface area contributed by atoms with Gasteiger partial charge in [0.2, 0.25) is 0 Å². The molecule has 0 spiro atoms. The summed E-state index contributed by atoms with van der Waals surface area (Å²) in [5.41, 5.74) is 0. The molecule has 0 aliphatic carbocycles. The predicted octanol–water partition coefficient (Wildman–Crippen LogP) is 17.2. The molecule has 0 rings (SSSR count). The molecule has 0 aromatic carbocycles. The largest absolute Gasteiger partial charge is 0.508 e. The zero-order chi connectivity index (χ0) is 51.9. The quantitative estimate of drug-likeness (QED) is 0.0252. The fourth-order valence-corrected chi connectivity index (χ4v) is 8.15. The van der Waals surface area contributed by atoms with Gasteiger partial charge in [0.25, 0.3) is 0 Å². The molecule has 0 heterocycles. The molecule has 0 fully saturated rings. The molecule has 1 unspecified atom stereocenters. The second-order valence-electron chi connectivity index (χ2n) is 19.9. The number of carbonyl (C=O) groups excluding carboxylic acids is 4. The minimum absolute atomic E-state index is 0.00728. The minimum Gasteiger partial charge on any atom is -0.462 e. The molecule has 0 saturated heterocycles. The monoisotopic (exact) mass is 1000 g/mol. The van der Waals surface area contributed by atoms with Crippen LogP contribution in [0.5, 0.6) is 0 Å². The fraction of sp³-hybridized carbons (Fsp3) is 0.803. The molecule has 10 nitrogen and oxygen atoms in total. The summed E-state index contributed by atoms with van der Waals surface area (Å²) in [4.78, 5) is 53.6. The standard InChI is InChI=1S/C61H109NO9/c1-6-9-12-15-18-21-24-26-28-30-32-35-38-41-44-48-58(63)68-54-57(55-69-59(64)49-45-42-39-36-33-31-29-27-25-22-19-16-13-10-7-2)70-60(65)51-50-56(71-61(66)67-53-46-52-62(4)5)47-43-40-37-34-23-20-17-14-11-8-3/h18-19,21-22,26-29,56-57H,6-17,20,23-25,30-55H2,1-5H3/b21-18-,22-19-,28-26-,29-27-. The van der Waals surface area contributed by atoms with Crippen molar-refractivity contribution in [3.8, 4) is 0 Å². The number of hydrogen-bond acceptors (Lipinski definition) is 10. The molecule has 0 N–H and O–H groups in total. The zero-order valence-electron chi connectivity index (χ0n) is 46.6. The van der Waals surface area contributed by atoms with Crippen molar-refractivity contribution in [3.05, 3.63) is 48.6 Å². The van der Waals surface area contributed by atoms with E-state index >= 15 is 0 Å². The Morgan fingerprint density at radius 3 is 1.23 bits per heavy atom. The van der Waals surface area contributed by atoms with Crippen molar-refractivity contribution >= 4 is 24.1 Å². The number of nitrogens with zero attached hydrogens (tertiary/aromatic N) is 1. The van der Waals surface area contributed by atoms with Gasteiger partial charge in [-0.15, -0.1) is 0 Å². The molecule has 0 saturated carbocycles. The summed E-state index contributed by atoms with van der Waals surface area (Å²) >= 11 is 0. The van der Waals surface area contributed by atoms with Crippen molar-refractivity contribution in [1.29, 1.82) is 0 Å². The van der Waals surface area contributed by atoms with Crippen LogP contribution in [-0.2, 0) is 38.1 Å². The van der Waals surface area contributed by atoms with Crippen molar-refractivity contribution in [2.75, 3.05) is 40.5 Å². The Balaban J connectivity index is 5.07. The molecular weight excluding hydrogens is 891 g/mol. The summed E-state index contributed by atoms with van der Waals surface area (Å²) in [7, 11) is 3.94. The topological polar surface area (TPSA) is 118 Å². The van der Waals surface area contributed by atoms with E-state index in [0.717, 1.165) is 116 Å². The summed E-state index contributed by atoms with van der Waals surface area (Å²) in [6.07, 6.45) is 54.1. The lowest BCUT2D eigenvalue weighted by Gasteiger charge is -2.20. The van der Waals surface area contributed by atoms with E-state index in [-0.39, 0.29) is 57.4 Å². The van der Waals surface area contributed by atoms with Gasteiger partial charge in [-0.05, 0) is 117 Å². The SMILES string of the molecule is CCCCC/C=C\C/C=C\CCCCCCCC(=O)OCC(COC(=O)CCCCCCC/C=C\C/C=C\CCCCC)OC(=O)CCC(CCCCCCCCCCCC)OC(=O)OCCCN(C)C. The van der Waals surface area contributed by atoms with Gasteiger partial charge in [0.05, 0.1) is 6.61 Å². The highest BCUT2D eigenvalue weighted by Gasteiger charge is 2.22. The summed E-state index contributed by atoms with van der Waals surface area (Å²) in [6, 6.07) is 0. The van der Waals surface area contributed by atoms with Crippen LogP contribution in [0.2, 0.25) is 0 Å². The van der Waals surface area contributed by atoms with E-state index in [2.05, 4.69) is 69.4 Å². The second kappa shape index (κ2) is 54.4. The third-order valence-corrected chi connectivity index (χ3v) is 12.6. The molecule has 0 bridgehead atoms. The first-order valence-electron chi connectivity index (χ1n) is 29.3. The number of rotatable bonds is 52. The van der Waals surface area contributed by atoms with E-state index in [1.165, 1.54) is 96.3 Å². The van der Waals surface area contributed by atoms with E-state index in [9.17, 15) is 19.2 Å².